The van der Waals surface area contributed by atoms with Gasteiger partial charge in [-0.05, 0) is 18.3 Å². The van der Waals surface area contributed by atoms with Crippen LogP contribution in [-0.2, 0) is 4.79 Å². The zero-order valence-electron chi connectivity index (χ0n) is 7.85. The lowest BCUT2D eigenvalue weighted by molar-refractivity contribution is -0.135. The molecule has 5 heteroatoms. The van der Waals surface area contributed by atoms with E-state index >= 15 is 0 Å². The van der Waals surface area contributed by atoms with Crippen molar-refractivity contribution in [2.24, 2.45) is 11.8 Å². The van der Waals surface area contributed by atoms with Crippen LogP contribution in [0.4, 0.5) is 0 Å². The van der Waals surface area contributed by atoms with Gasteiger partial charge in [0.1, 0.15) is 6.10 Å². The van der Waals surface area contributed by atoms with E-state index in [0.29, 0.717) is 24.3 Å². The number of carbonyl (C=O) groups excluding carboxylic acids is 1. The van der Waals surface area contributed by atoms with E-state index in [4.69, 9.17) is 0 Å². The van der Waals surface area contributed by atoms with E-state index in [0.717, 1.165) is 19.6 Å². The van der Waals surface area contributed by atoms with Crippen molar-refractivity contribution >= 4 is 18.3 Å². The fraction of sp³-hybridized carbons (Fsp3) is 0.889. The molecule has 3 rings (SSSR count). The van der Waals surface area contributed by atoms with E-state index in [9.17, 15) is 9.90 Å². The summed E-state index contributed by atoms with van der Waals surface area (Å²) >= 11 is 0. The maximum Gasteiger partial charge on any atom is 0.251 e. The number of halogens is 1. The van der Waals surface area contributed by atoms with Gasteiger partial charge in [-0.25, -0.2) is 0 Å². The molecule has 0 bridgehead atoms. The van der Waals surface area contributed by atoms with Gasteiger partial charge in [-0.3, -0.25) is 4.79 Å². The highest BCUT2D eigenvalue weighted by Crippen LogP contribution is 2.46. The predicted octanol–water partition coefficient (Wildman–Crippen LogP) is -0.781. The van der Waals surface area contributed by atoms with Crippen LogP contribution < -0.4 is 5.32 Å². The van der Waals surface area contributed by atoms with Gasteiger partial charge < -0.3 is 15.3 Å². The molecule has 2 unspecified atom stereocenters. The van der Waals surface area contributed by atoms with Crippen LogP contribution in [0.15, 0.2) is 0 Å². The first kappa shape index (κ1) is 10.2. The predicted molar refractivity (Wildman–Crippen MR) is 53.2 cm³/mol. The van der Waals surface area contributed by atoms with Crippen LogP contribution in [-0.4, -0.2) is 47.7 Å². The molecule has 0 aromatic heterocycles. The molecule has 4 nitrogen and oxygen atoms in total. The normalized spacial score (nSPS) is 44.9. The Morgan fingerprint density at radius 2 is 2.00 bits per heavy atom. The Morgan fingerprint density at radius 3 is 2.50 bits per heavy atom. The molecular formula is C9H15ClN2O2. The van der Waals surface area contributed by atoms with Gasteiger partial charge in [-0.1, -0.05) is 0 Å². The molecule has 2 N–H and O–H groups in total. The molecule has 1 amide bonds. The largest absolute Gasteiger partial charge is 0.383 e. The highest BCUT2D eigenvalue weighted by atomic mass is 35.5. The van der Waals surface area contributed by atoms with Crippen molar-refractivity contribution in [1.29, 1.82) is 0 Å². The van der Waals surface area contributed by atoms with E-state index in [1.54, 1.807) is 0 Å². The number of piperidine rings is 1. The maximum atomic E-state index is 11.5. The number of fused-ring (bicyclic) bond motifs is 1. The van der Waals surface area contributed by atoms with Crippen LogP contribution in [0.5, 0.6) is 0 Å². The van der Waals surface area contributed by atoms with E-state index < -0.39 is 6.10 Å². The topological polar surface area (TPSA) is 52.6 Å². The second-order valence-electron chi connectivity index (χ2n) is 4.31. The van der Waals surface area contributed by atoms with Crippen LogP contribution in [0.3, 0.4) is 0 Å². The first-order valence-electron chi connectivity index (χ1n) is 4.98. The minimum absolute atomic E-state index is 0. The van der Waals surface area contributed by atoms with Crippen molar-refractivity contribution < 1.29 is 9.90 Å². The maximum absolute atomic E-state index is 11.5. The van der Waals surface area contributed by atoms with Gasteiger partial charge >= 0.3 is 0 Å². The smallest absolute Gasteiger partial charge is 0.251 e. The van der Waals surface area contributed by atoms with E-state index in [1.165, 1.54) is 0 Å². The Kier molecular flexibility index (Phi) is 2.45. The summed E-state index contributed by atoms with van der Waals surface area (Å²) in [6, 6.07) is 0.450. The third kappa shape index (κ3) is 1.25. The molecule has 0 aromatic rings. The Labute approximate surface area is 89.1 Å². The quantitative estimate of drug-likeness (QED) is 0.607. The monoisotopic (exact) mass is 218 g/mol. The number of aliphatic hydroxyl groups excluding tert-OH is 1. The third-order valence-corrected chi connectivity index (χ3v) is 3.62. The van der Waals surface area contributed by atoms with E-state index in [-0.39, 0.29) is 18.3 Å². The van der Waals surface area contributed by atoms with Crippen LogP contribution in [0.25, 0.3) is 0 Å². The number of nitrogens with one attached hydrogen (secondary N) is 1. The lowest BCUT2D eigenvalue weighted by Crippen LogP contribution is -2.36. The van der Waals surface area contributed by atoms with Gasteiger partial charge in [0.25, 0.3) is 5.91 Å². The highest BCUT2D eigenvalue weighted by Gasteiger charge is 2.58. The molecule has 4 atom stereocenters. The zero-order chi connectivity index (χ0) is 9.00. The molecule has 0 spiro atoms. The number of hydrogen-bond acceptors (Lipinski definition) is 3. The average molecular weight is 219 g/mol. The Bertz CT molecular complexity index is 251. The van der Waals surface area contributed by atoms with Crippen LogP contribution >= 0.6 is 12.4 Å². The molecule has 80 valence electrons. The molecule has 2 heterocycles. The van der Waals surface area contributed by atoms with E-state index in [1.807, 2.05) is 4.90 Å². The molecule has 2 saturated heterocycles. The summed E-state index contributed by atoms with van der Waals surface area (Å²) < 4.78 is 0. The third-order valence-electron chi connectivity index (χ3n) is 3.62. The molecule has 3 fully saturated rings. The highest BCUT2D eigenvalue weighted by molar-refractivity contribution is 5.85. The van der Waals surface area contributed by atoms with Gasteiger partial charge in [0.2, 0.25) is 0 Å². The van der Waals surface area contributed by atoms with Gasteiger partial charge in [0.05, 0.1) is 0 Å². The van der Waals surface area contributed by atoms with Gasteiger partial charge in [-0.15, -0.1) is 12.4 Å². The average Bonchev–Trinajstić information content (AvgIpc) is 2.49. The minimum Gasteiger partial charge on any atom is -0.383 e. The summed E-state index contributed by atoms with van der Waals surface area (Å²) in [5, 5.41) is 12.6. The summed E-state index contributed by atoms with van der Waals surface area (Å²) in [4.78, 5) is 13.4. The number of hydrogen-bond donors (Lipinski definition) is 2. The van der Waals surface area contributed by atoms with Crippen molar-refractivity contribution in [2.45, 2.75) is 18.6 Å². The van der Waals surface area contributed by atoms with Crippen LogP contribution in [0.2, 0.25) is 0 Å². The first-order chi connectivity index (χ1) is 6.29. The molecule has 1 saturated carbocycles. The number of nitrogens with zero attached hydrogens (tertiary/aromatic N) is 1. The van der Waals surface area contributed by atoms with Gasteiger partial charge in [-0.2, -0.15) is 0 Å². The number of likely N-dealkylation sites (tertiary alicyclic amines) is 1. The molecule has 3 aliphatic rings. The summed E-state index contributed by atoms with van der Waals surface area (Å²) in [7, 11) is 0. The Morgan fingerprint density at radius 1 is 1.36 bits per heavy atom. The summed E-state index contributed by atoms with van der Waals surface area (Å²) in [5.74, 6) is 1.31. The SMILES string of the molecule is Cl.O=C1C(O)CCN1C1[C@H]2CNC[C@@H]12. The summed E-state index contributed by atoms with van der Waals surface area (Å²) in [6.45, 7) is 2.86. The van der Waals surface area contributed by atoms with Crippen molar-refractivity contribution in [3.05, 3.63) is 0 Å². The first-order valence-corrected chi connectivity index (χ1v) is 4.98. The van der Waals surface area contributed by atoms with Gasteiger partial charge in [0.15, 0.2) is 0 Å². The Balaban J connectivity index is 0.000000750. The lowest BCUT2D eigenvalue weighted by atomic mass is 10.3. The molecular weight excluding hydrogens is 204 g/mol. The number of rotatable bonds is 1. The second-order valence-corrected chi connectivity index (χ2v) is 4.31. The number of amides is 1. The standard InChI is InChI=1S/C9H14N2O2.ClH/c12-7-1-2-11(9(7)13)8-5-3-10-4-6(5)8;/h5-8,10,12H,1-4H2;1H/t5-,6+,7?,8?;. The lowest BCUT2D eigenvalue weighted by Gasteiger charge is -2.18. The van der Waals surface area contributed by atoms with Crippen LogP contribution in [0.1, 0.15) is 6.42 Å². The number of aliphatic hydroxyl groups is 1. The molecule has 14 heavy (non-hydrogen) atoms. The van der Waals surface area contributed by atoms with Crippen molar-refractivity contribution in [1.82, 2.24) is 10.2 Å². The van der Waals surface area contributed by atoms with E-state index in [2.05, 4.69) is 5.32 Å². The van der Waals surface area contributed by atoms with Crippen molar-refractivity contribution in [3.63, 3.8) is 0 Å². The Hall–Kier alpha value is -0.320. The zero-order valence-corrected chi connectivity index (χ0v) is 8.67. The van der Waals surface area contributed by atoms with Crippen molar-refractivity contribution in [2.75, 3.05) is 19.6 Å². The van der Waals surface area contributed by atoms with Crippen molar-refractivity contribution in [3.8, 4) is 0 Å². The van der Waals surface area contributed by atoms with Gasteiger partial charge in [0, 0.05) is 25.7 Å². The molecule has 2 aliphatic heterocycles. The fourth-order valence-corrected chi connectivity index (χ4v) is 2.83. The number of carbonyl (C=O) groups is 1. The fourth-order valence-electron chi connectivity index (χ4n) is 2.83. The molecule has 0 aromatic carbocycles. The second kappa shape index (κ2) is 3.36. The molecule has 1 aliphatic carbocycles. The minimum atomic E-state index is -0.714. The summed E-state index contributed by atoms with van der Waals surface area (Å²) in [5.41, 5.74) is 0. The summed E-state index contributed by atoms with van der Waals surface area (Å²) in [6.07, 6.45) is -0.0864. The molecule has 0 radical (unpaired) electrons. The van der Waals surface area contributed by atoms with Crippen LogP contribution in [0, 0.1) is 11.8 Å².